The molecule has 0 aliphatic carbocycles. The van der Waals surface area contributed by atoms with E-state index in [1.165, 1.54) is 17.4 Å². The summed E-state index contributed by atoms with van der Waals surface area (Å²) in [6.07, 6.45) is 2.04. The molecule has 1 fully saturated rings. The molecule has 0 saturated carbocycles. The second-order valence-electron chi connectivity index (χ2n) is 7.28. The van der Waals surface area contributed by atoms with Crippen molar-refractivity contribution in [2.75, 3.05) is 13.1 Å². The Labute approximate surface area is 168 Å². The third-order valence-corrected chi connectivity index (χ3v) is 6.80. The number of nitrogens with zero attached hydrogens (tertiary/aromatic N) is 1. The maximum absolute atomic E-state index is 12.6. The van der Waals surface area contributed by atoms with Gasteiger partial charge in [0.25, 0.3) is 0 Å². The van der Waals surface area contributed by atoms with E-state index in [-0.39, 0.29) is 12.2 Å². The number of nitrogens with one attached hydrogen (secondary N) is 1. The van der Waals surface area contributed by atoms with Crippen molar-refractivity contribution in [2.45, 2.75) is 44.1 Å². The zero-order valence-corrected chi connectivity index (χ0v) is 16.9. The molecule has 0 radical (unpaired) electrons. The van der Waals surface area contributed by atoms with Crippen molar-refractivity contribution >= 4 is 32.9 Å². The third-order valence-electron chi connectivity index (χ3n) is 4.95. The van der Waals surface area contributed by atoms with E-state index >= 15 is 0 Å². The molecule has 2 unspecified atom stereocenters. The number of carbonyl (C=O) groups is 2. The van der Waals surface area contributed by atoms with Crippen LogP contribution in [0.5, 0.6) is 0 Å². The number of hydrogen-bond donors (Lipinski definition) is 3. The zero-order chi connectivity index (χ0) is 21.2. The van der Waals surface area contributed by atoms with Gasteiger partial charge in [0.15, 0.2) is 0 Å². The van der Waals surface area contributed by atoms with Gasteiger partial charge in [-0.25, -0.2) is 12.7 Å². The van der Waals surface area contributed by atoms with Gasteiger partial charge in [0.05, 0.1) is 18.1 Å². The van der Waals surface area contributed by atoms with Gasteiger partial charge in [-0.05, 0) is 43.0 Å². The normalized spacial score (nSPS) is 17.3. The first-order chi connectivity index (χ1) is 13.7. The summed E-state index contributed by atoms with van der Waals surface area (Å²) in [5.74, 6) is -3.18. The van der Waals surface area contributed by atoms with E-state index in [0.717, 1.165) is 12.8 Å². The lowest BCUT2D eigenvalue weighted by atomic mass is 9.95. The van der Waals surface area contributed by atoms with E-state index in [1.54, 1.807) is 18.2 Å². The van der Waals surface area contributed by atoms with Crippen LogP contribution in [-0.2, 0) is 30.1 Å². The number of nitrogens with two attached hydrogens (primary N) is 1. The van der Waals surface area contributed by atoms with Crippen LogP contribution >= 0.6 is 0 Å². The molecule has 1 aliphatic rings. The van der Waals surface area contributed by atoms with E-state index in [9.17, 15) is 23.1 Å². The lowest BCUT2D eigenvalue weighted by Crippen LogP contribution is -2.29. The fraction of sp³-hybridized carbons (Fsp3) is 0.474. The van der Waals surface area contributed by atoms with E-state index in [2.05, 4.69) is 4.98 Å². The monoisotopic (exact) mass is 423 g/mol. The minimum Gasteiger partial charge on any atom is -0.481 e. The van der Waals surface area contributed by atoms with Crippen LogP contribution < -0.4 is 5.73 Å². The summed E-state index contributed by atoms with van der Waals surface area (Å²) < 4.78 is 31.6. The summed E-state index contributed by atoms with van der Waals surface area (Å²) in [5.41, 5.74) is 7.05. The Hall–Kier alpha value is -2.43. The number of carbonyl (C=O) groups excluding carboxylic acids is 1. The fourth-order valence-electron chi connectivity index (χ4n) is 3.59. The van der Waals surface area contributed by atoms with Crippen molar-refractivity contribution in [1.29, 1.82) is 0 Å². The highest BCUT2D eigenvalue weighted by Crippen LogP contribution is 2.30. The van der Waals surface area contributed by atoms with Gasteiger partial charge in [-0.1, -0.05) is 6.07 Å². The number of aromatic nitrogens is 1. The third kappa shape index (κ3) is 4.95. The number of esters is 1. The molecule has 2 atom stereocenters. The summed E-state index contributed by atoms with van der Waals surface area (Å²) in [4.78, 5) is 26.7. The van der Waals surface area contributed by atoms with Crippen molar-refractivity contribution in [2.24, 2.45) is 5.73 Å². The molecular weight excluding hydrogens is 398 g/mol. The van der Waals surface area contributed by atoms with E-state index < -0.39 is 34.1 Å². The smallest absolute Gasteiger partial charge is 0.311 e. The number of sulfonamides is 1. The molecule has 3 rings (SSSR count). The second kappa shape index (κ2) is 8.52. The van der Waals surface area contributed by atoms with Gasteiger partial charge in [0.1, 0.15) is 6.23 Å². The van der Waals surface area contributed by atoms with E-state index in [4.69, 9.17) is 10.5 Å². The second-order valence-corrected chi connectivity index (χ2v) is 9.25. The van der Waals surface area contributed by atoms with Crippen molar-refractivity contribution in [3.05, 3.63) is 35.5 Å². The Morgan fingerprint density at radius 3 is 2.62 bits per heavy atom. The minimum absolute atomic E-state index is 0.155. The standard InChI is InChI=1S/C19H25N3O6S/c1-12(20)28-18(23)9-15(19(24)25)16-10-21-17-5-4-13(8-14(16)17)11-29(26,27)22-6-2-3-7-22/h4-5,8,10,12,15,21H,2-3,6-7,9,11,20H2,1H3,(H,24,25). The minimum atomic E-state index is -3.43. The molecule has 0 amide bonds. The summed E-state index contributed by atoms with van der Waals surface area (Å²) in [6.45, 7) is 2.54. The molecular formula is C19H25N3O6S. The van der Waals surface area contributed by atoms with Gasteiger partial charge in [0, 0.05) is 30.2 Å². The maximum Gasteiger partial charge on any atom is 0.311 e. The van der Waals surface area contributed by atoms with Crippen molar-refractivity contribution in [1.82, 2.24) is 9.29 Å². The number of benzene rings is 1. The number of H-pyrrole nitrogens is 1. The van der Waals surface area contributed by atoms with Crippen LogP contribution in [0.15, 0.2) is 24.4 Å². The van der Waals surface area contributed by atoms with Crippen LogP contribution in [0.4, 0.5) is 0 Å². The number of aromatic amines is 1. The van der Waals surface area contributed by atoms with Gasteiger partial charge in [-0.2, -0.15) is 0 Å². The fourth-order valence-corrected chi connectivity index (χ4v) is 5.19. The van der Waals surface area contributed by atoms with Crippen molar-refractivity contribution in [3.63, 3.8) is 0 Å². The van der Waals surface area contributed by atoms with Gasteiger partial charge < -0.3 is 14.8 Å². The highest BCUT2D eigenvalue weighted by Gasteiger charge is 2.28. The highest BCUT2D eigenvalue weighted by atomic mass is 32.2. The summed E-state index contributed by atoms with van der Waals surface area (Å²) in [6, 6.07) is 5.09. The molecule has 1 aromatic carbocycles. The largest absolute Gasteiger partial charge is 0.481 e. The first kappa shape index (κ1) is 21.3. The van der Waals surface area contributed by atoms with Crippen LogP contribution in [-0.4, -0.2) is 54.1 Å². The van der Waals surface area contributed by atoms with Gasteiger partial charge in [-0.15, -0.1) is 0 Å². The lowest BCUT2D eigenvalue weighted by Gasteiger charge is -2.16. The van der Waals surface area contributed by atoms with Crippen LogP contribution in [0.1, 0.15) is 43.2 Å². The number of rotatable bonds is 8. The van der Waals surface area contributed by atoms with Crippen molar-refractivity contribution in [3.8, 4) is 0 Å². The Bertz CT molecular complexity index is 1010. The summed E-state index contributed by atoms with van der Waals surface area (Å²) in [7, 11) is -3.43. The molecule has 1 saturated heterocycles. The quantitative estimate of drug-likeness (QED) is 0.431. The van der Waals surface area contributed by atoms with Crippen LogP contribution in [0.2, 0.25) is 0 Å². The topological polar surface area (TPSA) is 143 Å². The molecule has 1 aromatic heterocycles. The van der Waals surface area contributed by atoms with E-state index in [1.807, 2.05) is 0 Å². The zero-order valence-electron chi connectivity index (χ0n) is 16.1. The van der Waals surface area contributed by atoms with Crippen LogP contribution in [0, 0.1) is 0 Å². The van der Waals surface area contributed by atoms with Crippen LogP contribution in [0.25, 0.3) is 10.9 Å². The molecule has 4 N–H and O–H groups in total. The highest BCUT2D eigenvalue weighted by molar-refractivity contribution is 7.88. The van der Waals surface area contributed by atoms with Gasteiger partial charge >= 0.3 is 11.9 Å². The van der Waals surface area contributed by atoms with Crippen molar-refractivity contribution < 1.29 is 27.9 Å². The average Bonchev–Trinajstić information content (AvgIpc) is 3.29. The Morgan fingerprint density at radius 2 is 2.00 bits per heavy atom. The predicted octanol–water partition coefficient (Wildman–Crippen LogP) is 1.50. The predicted molar refractivity (Wildman–Crippen MR) is 106 cm³/mol. The number of fused-ring (bicyclic) bond motifs is 1. The molecule has 158 valence electrons. The summed E-state index contributed by atoms with van der Waals surface area (Å²) >= 11 is 0. The number of carboxylic acid groups (broad SMARTS) is 1. The summed E-state index contributed by atoms with van der Waals surface area (Å²) in [5, 5.41) is 10.2. The van der Waals surface area contributed by atoms with E-state index in [0.29, 0.717) is 35.1 Å². The Morgan fingerprint density at radius 1 is 1.31 bits per heavy atom. The Balaban J connectivity index is 1.89. The number of carboxylic acids is 1. The molecule has 29 heavy (non-hydrogen) atoms. The molecule has 0 spiro atoms. The average molecular weight is 423 g/mol. The SMILES string of the molecule is CC(N)OC(=O)CC(C(=O)O)c1c[nH]c2ccc(CS(=O)(=O)N3CCCC3)cc12. The molecule has 2 aromatic rings. The molecule has 0 bridgehead atoms. The van der Waals surface area contributed by atoms with Gasteiger partial charge in [0.2, 0.25) is 10.0 Å². The van der Waals surface area contributed by atoms with Gasteiger partial charge in [-0.3, -0.25) is 15.3 Å². The molecule has 1 aliphatic heterocycles. The Kier molecular flexibility index (Phi) is 6.25. The lowest BCUT2D eigenvalue weighted by molar-refractivity contribution is -0.152. The number of ether oxygens (including phenoxy) is 1. The number of hydrogen-bond acceptors (Lipinski definition) is 6. The van der Waals surface area contributed by atoms with Crippen LogP contribution in [0.3, 0.4) is 0 Å². The maximum atomic E-state index is 12.6. The molecule has 9 nitrogen and oxygen atoms in total. The first-order valence-electron chi connectivity index (χ1n) is 9.43. The molecule has 2 heterocycles. The molecule has 10 heteroatoms. The first-order valence-corrected chi connectivity index (χ1v) is 11.0. The number of aliphatic carboxylic acids is 1.